The summed E-state index contributed by atoms with van der Waals surface area (Å²) in [6, 6.07) is 11.5. The van der Waals surface area contributed by atoms with Gasteiger partial charge in [0.1, 0.15) is 5.69 Å². The van der Waals surface area contributed by atoms with E-state index in [9.17, 15) is 4.79 Å². The van der Waals surface area contributed by atoms with Gasteiger partial charge in [0.05, 0.1) is 11.4 Å². The van der Waals surface area contributed by atoms with Crippen LogP contribution in [0.5, 0.6) is 0 Å². The predicted octanol–water partition coefficient (Wildman–Crippen LogP) is 2.77. The van der Waals surface area contributed by atoms with E-state index in [1.54, 1.807) is 17.4 Å². The van der Waals surface area contributed by atoms with Crippen LogP contribution in [0.2, 0.25) is 0 Å². The van der Waals surface area contributed by atoms with Crippen LogP contribution in [-0.4, -0.2) is 39.6 Å². The number of fused-ring (bicyclic) bond motifs is 1. The Morgan fingerprint density at radius 3 is 3.00 bits per heavy atom. The molecule has 0 atom stereocenters. The number of hydrogen-bond acceptors (Lipinski definition) is 5. The Morgan fingerprint density at radius 2 is 2.17 bits per heavy atom. The van der Waals surface area contributed by atoms with Gasteiger partial charge in [-0.2, -0.15) is 5.10 Å². The van der Waals surface area contributed by atoms with Crippen LogP contribution in [-0.2, 0) is 13.0 Å². The first kappa shape index (κ1) is 15.0. The van der Waals surface area contributed by atoms with E-state index in [4.69, 9.17) is 0 Å². The molecule has 6 nitrogen and oxygen atoms in total. The molecule has 2 aromatic heterocycles. The average molecular weight is 339 g/mol. The fourth-order valence-electron chi connectivity index (χ4n) is 2.74. The summed E-state index contributed by atoms with van der Waals surface area (Å²) < 4.78 is 0. The van der Waals surface area contributed by atoms with Crippen LogP contribution >= 0.6 is 11.3 Å². The van der Waals surface area contributed by atoms with Crippen LogP contribution in [0.15, 0.2) is 36.4 Å². The fraction of sp³-hybridized carbons (Fsp3) is 0.235. The third kappa shape index (κ3) is 2.95. The molecule has 1 aliphatic rings. The van der Waals surface area contributed by atoms with Gasteiger partial charge in [0.15, 0.2) is 5.13 Å². The molecule has 0 aliphatic carbocycles. The number of nitrogens with zero attached hydrogens (tertiary/aromatic N) is 3. The number of benzene rings is 1. The van der Waals surface area contributed by atoms with Crippen molar-refractivity contribution < 1.29 is 4.79 Å². The van der Waals surface area contributed by atoms with Crippen LogP contribution in [0.1, 0.15) is 21.1 Å². The summed E-state index contributed by atoms with van der Waals surface area (Å²) in [4.78, 5) is 20.4. The van der Waals surface area contributed by atoms with E-state index in [2.05, 4.69) is 32.4 Å². The standard InChI is InChI=1S/C17H17N5OS/c1-22-8-7-12-15(10-22)24-17(18-12)19-16(23)14-9-13(20-21-14)11-5-3-2-4-6-11/h2-6,9H,7-8,10H2,1H3,(H,20,21)(H,18,19,23). The van der Waals surface area contributed by atoms with Gasteiger partial charge in [-0.15, -0.1) is 11.3 Å². The van der Waals surface area contributed by atoms with Gasteiger partial charge in [0, 0.05) is 30.0 Å². The van der Waals surface area contributed by atoms with E-state index in [-0.39, 0.29) is 5.91 Å². The number of aromatic amines is 1. The molecule has 0 spiro atoms. The number of amides is 1. The molecule has 24 heavy (non-hydrogen) atoms. The number of aromatic nitrogens is 3. The molecule has 0 saturated carbocycles. The number of H-pyrrole nitrogens is 1. The highest BCUT2D eigenvalue weighted by Crippen LogP contribution is 2.28. The lowest BCUT2D eigenvalue weighted by Crippen LogP contribution is -2.25. The summed E-state index contributed by atoms with van der Waals surface area (Å²) in [5, 5.41) is 10.5. The summed E-state index contributed by atoms with van der Waals surface area (Å²) in [6.45, 7) is 1.90. The zero-order valence-electron chi connectivity index (χ0n) is 13.2. The van der Waals surface area contributed by atoms with Crippen molar-refractivity contribution in [3.05, 3.63) is 52.7 Å². The number of thiazole rings is 1. The van der Waals surface area contributed by atoms with Crippen molar-refractivity contribution in [1.82, 2.24) is 20.1 Å². The normalized spacial score (nSPS) is 14.4. The third-order valence-corrected chi connectivity index (χ3v) is 5.03. The van der Waals surface area contributed by atoms with E-state index in [1.807, 2.05) is 30.3 Å². The molecule has 2 N–H and O–H groups in total. The van der Waals surface area contributed by atoms with Gasteiger partial charge in [-0.25, -0.2) is 4.98 Å². The lowest BCUT2D eigenvalue weighted by atomic mass is 10.1. The van der Waals surface area contributed by atoms with Crippen molar-refractivity contribution in [1.29, 1.82) is 0 Å². The zero-order valence-corrected chi connectivity index (χ0v) is 14.1. The van der Waals surface area contributed by atoms with E-state index < -0.39 is 0 Å². The molecule has 7 heteroatoms. The first-order valence-corrected chi connectivity index (χ1v) is 8.60. The second-order valence-electron chi connectivity index (χ2n) is 5.86. The lowest BCUT2D eigenvalue weighted by molar-refractivity contribution is 0.102. The van der Waals surface area contributed by atoms with Crippen molar-refractivity contribution in [3.8, 4) is 11.3 Å². The molecule has 0 unspecified atom stereocenters. The molecule has 0 saturated heterocycles. The number of nitrogens with one attached hydrogen (secondary N) is 2. The molecule has 0 radical (unpaired) electrons. The largest absolute Gasteiger partial charge is 0.301 e. The monoisotopic (exact) mass is 339 g/mol. The van der Waals surface area contributed by atoms with E-state index in [0.717, 1.165) is 36.5 Å². The number of likely N-dealkylation sites (N-methyl/N-ethyl adjacent to an activating group) is 1. The Hall–Kier alpha value is -2.51. The lowest BCUT2D eigenvalue weighted by Gasteiger charge is -2.20. The average Bonchev–Trinajstić information content (AvgIpc) is 3.22. The smallest absolute Gasteiger partial charge is 0.275 e. The SMILES string of the molecule is CN1CCc2nc(NC(=O)c3cc(-c4ccccc4)n[nH]3)sc2C1. The molecular weight excluding hydrogens is 322 g/mol. The zero-order chi connectivity index (χ0) is 16.5. The van der Waals surface area contributed by atoms with Crippen molar-refractivity contribution in [3.63, 3.8) is 0 Å². The van der Waals surface area contributed by atoms with Crippen molar-refractivity contribution in [2.45, 2.75) is 13.0 Å². The molecule has 0 fully saturated rings. The second-order valence-corrected chi connectivity index (χ2v) is 6.95. The minimum Gasteiger partial charge on any atom is -0.301 e. The minimum absolute atomic E-state index is 0.218. The van der Waals surface area contributed by atoms with Gasteiger partial charge in [0.25, 0.3) is 5.91 Å². The Labute approximate surface area is 143 Å². The van der Waals surface area contributed by atoms with Gasteiger partial charge in [-0.05, 0) is 13.1 Å². The van der Waals surface area contributed by atoms with Gasteiger partial charge < -0.3 is 4.90 Å². The summed E-state index contributed by atoms with van der Waals surface area (Å²) in [6.07, 6.45) is 0.931. The van der Waals surface area contributed by atoms with Crippen LogP contribution in [0.4, 0.5) is 5.13 Å². The maximum absolute atomic E-state index is 12.4. The molecule has 1 amide bonds. The molecule has 0 bridgehead atoms. The number of anilines is 1. The predicted molar refractivity (Wildman–Crippen MR) is 94.1 cm³/mol. The highest BCUT2D eigenvalue weighted by atomic mass is 32.1. The number of carbonyl (C=O) groups is 1. The van der Waals surface area contributed by atoms with E-state index in [1.165, 1.54) is 4.88 Å². The molecule has 1 aliphatic heterocycles. The minimum atomic E-state index is -0.218. The topological polar surface area (TPSA) is 73.9 Å². The molecule has 4 rings (SSSR count). The number of carbonyl (C=O) groups excluding carboxylic acids is 1. The summed E-state index contributed by atoms with van der Waals surface area (Å²) in [7, 11) is 2.09. The van der Waals surface area contributed by atoms with Crippen molar-refractivity contribution in [2.24, 2.45) is 0 Å². The van der Waals surface area contributed by atoms with Gasteiger partial charge in [0.2, 0.25) is 0 Å². The van der Waals surface area contributed by atoms with Gasteiger partial charge in [-0.1, -0.05) is 30.3 Å². The quantitative estimate of drug-likeness (QED) is 0.769. The maximum atomic E-state index is 12.4. The summed E-state index contributed by atoms with van der Waals surface area (Å²) >= 11 is 1.55. The molecule has 3 aromatic rings. The Balaban J connectivity index is 1.50. The summed E-state index contributed by atoms with van der Waals surface area (Å²) in [5.74, 6) is -0.218. The third-order valence-electron chi connectivity index (χ3n) is 4.03. The van der Waals surface area contributed by atoms with Gasteiger partial charge in [-0.3, -0.25) is 15.2 Å². The molecule has 122 valence electrons. The fourth-order valence-corrected chi connectivity index (χ4v) is 3.82. The van der Waals surface area contributed by atoms with E-state index in [0.29, 0.717) is 10.8 Å². The van der Waals surface area contributed by atoms with Crippen LogP contribution < -0.4 is 5.32 Å². The molecular formula is C17H17N5OS. The summed E-state index contributed by atoms with van der Waals surface area (Å²) in [5.41, 5.74) is 3.25. The number of hydrogen-bond donors (Lipinski definition) is 2. The highest BCUT2D eigenvalue weighted by Gasteiger charge is 2.20. The Kier molecular flexibility index (Phi) is 3.87. The van der Waals surface area contributed by atoms with Gasteiger partial charge >= 0.3 is 0 Å². The highest BCUT2D eigenvalue weighted by molar-refractivity contribution is 7.15. The maximum Gasteiger partial charge on any atom is 0.275 e. The van der Waals surface area contributed by atoms with Crippen molar-refractivity contribution in [2.75, 3.05) is 18.9 Å². The van der Waals surface area contributed by atoms with Crippen LogP contribution in [0, 0.1) is 0 Å². The molecule has 1 aromatic carbocycles. The second kappa shape index (κ2) is 6.18. The molecule has 3 heterocycles. The first-order chi connectivity index (χ1) is 11.7. The Morgan fingerprint density at radius 1 is 1.33 bits per heavy atom. The van der Waals surface area contributed by atoms with Crippen molar-refractivity contribution >= 4 is 22.4 Å². The van der Waals surface area contributed by atoms with Crippen LogP contribution in [0.3, 0.4) is 0 Å². The Bertz CT molecular complexity index is 870. The first-order valence-electron chi connectivity index (χ1n) is 7.78. The number of rotatable bonds is 3. The van der Waals surface area contributed by atoms with E-state index >= 15 is 0 Å². The van der Waals surface area contributed by atoms with Crippen LogP contribution in [0.25, 0.3) is 11.3 Å².